The van der Waals surface area contributed by atoms with E-state index in [1.807, 2.05) is 0 Å². The number of rotatable bonds is 25. The number of ether oxygens (including phenoxy) is 11. The van der Waals surface area contributed by atoms with Gasteiger partial charge in [-0.3, -0.25) is 33.0 Å². The molecule has 5 amide bonds. The summed E-state index contributed by atoms with van der Waals surface area (Å²) in [4.78, 5) is 99.6. The third-order valence-corrected chi connectivity index (χ3v) is 15.3. The molecule has 0 spiro atoms. The molecule has 5 aliphatic heterocycles. The molecule has 496 valence electrons. The molecule has 21 N–H and O–H groups in total. The number of hydrogen-bond acceptors (Lipinski definition) is 33. The van der Waals surface area contributed by atoms with Gasteiger partial charge in [0.25, 0.3) is 5.91 Å². The van der Waals surface area contributed by atoms with Gasteiger partial charge in [-0.1, -0.05) is 0 Å². The maximum atomic E-state index is 13.6. The van der Waals surface area contributed by atoms with E-state index in [4.69, 9.17) is 77.7 Å². The van der Waals surface area contributed by atoms with E-state index in [1.54, 1.807) is 0 Å². The van der Waals surface area contributed by atoms with Gasteiger partial charge in [-0.05, 0) is 13.8 Å². The van der Waals surface area contributed by atoms with Crippen LogP contribution in [0.15, 0.2) is 11.5 Å². The average molecular weight is 1290 g/mol. The Kier molecular flexibility index (Phi) is 24.4. The maximum absolute atomic E-state index is 13.6. The number of aliphatic hydroxyl groups excluding tert-OH is 11. The van der Waals surface area contributed by atoms with Crippen molar-refractivity contribution in [2.45, 2.75) is 200 Å². The van der Waals surface area contributed by atoms with Crippen LogP contribution in [0.5, 0.6) is 0 Å². The number of hydrogen-bond donors (Lipinski definition) is 19. The highest BCUT2D eigenvalue weighted by atomic mass is 31.2. The van der Waals surface area contributed by atoms with Gasteiger partial charge in [0.05, 0.1) is 39.1 Å². The predicted octanol–water partition coefficient (Wildman–Crippen LogP) is -10.8. The van der Waals surface area contributed by atoms with Crippen molar-refractivity contribution < 1.29 is 171 Å². The van der Waals surface area contributed by atoms with Gasteiger partial charge in [0.15, 0.2) is 67.8 Å². The van der Waals surface area contributed by atoms with Crippen LogP contribution in [0.3, 0.4) is 0 Å². The largest absolute Gasteiger partial charge is 0.510 e. The number of allylic oxidation sites excluding steroid dienone is 2. The highest BCUT2D eigenvalue weighted by molar-refractivity contribution is 7.47. The molecule has 87 heavy (non-hydrogen) atoms. The number of primary amides is 2. The lowest BCUT2D eigenvalue weighted by Crippen LogP contribution is -2.72. The molecular formula is C46H72N5O35P. The quantitative estimate of drug-likeness (QED) is 0.0377. The Balaban J connectivity index is 1.36. The molecule has 5 heterocycles. The van der Waals surface area contributed by atoms with Crippen molar-refractivity contribution in [3.8, 4) is 0 Å². The van der Waals surface area contributed by atoms with Gasteiger partial charge in [-0.25, -0.2) is 14.2 Å². The fourth-order valence-electron chi connectivity index (χ4n) is 10.0. The van der Waals surface area contributed by atoms with E-state index in [9.17, 15) is 104 Å². The zero-order valence-electron chi connectivity index (χ0n) is 46.3. The van der Waals surface area contributed by atoms with E-state index in [-0.39, 0.29) is 12.8 Å². The molecule has 0 aromatic heterocycles. The second kappa shape index (κ2) is 29.8. The third-order valence-electron chi connectivity index (χ3n) is 14.4. The van der Waals surface area contributed by atoms with Crippen LogP contribution in [0.25, 0.3) is 0 Å². The van der Waals surface area contributed by atoms with Crippen molar-refractivity contribution >= 4 is 49.3 Å². The highest BCUT2D eigenvalue weighted by Crippen LogP contribution is 2.49. The lowest BCUT2D eigenvalue weighted by molar-refractivity contribution is -0.375. The minimum atomic E-state index is -5.80. The molecule has 0 radical (unpaired) electrons. The summed E-state index contributed by atoms with van der Waals surface area (Å²) in [5.74, 6) is -7.78. The number of carboxylic acid groups (broad SMARTS) is 1. The van der Waals surface area contributed by atoms with Crippen LogP contribution in [0.2, 0.25) is 0 Å². The van der Waals surface area contributed by atoms with E-state index < -0.39 is 253 Å². The van der Waals surface area contributed by atoms with Crippen LogP contribution in [0.4, 0.5) is 4.79 Å². The number of carboxylic acids is 1. The monoisotopic (exact) mass is 1290 g/mol. The minimum Gasteiger partial charge on any atom is -0.510 e. The molecule has 1 aliphatic carbocycles. The van der Waals surface area contributed by atoms with Crippen molar-refractivity contribution in [2.24, 2.45) is 11.5 Å². The fraction of sp³-hybridized carbons (Fsp3) is 0.804. The smallest absolute Gasteiger partial charge is 0.474 e. The fourth-order valence-corrected chi connectivity index (χ4v) is 10.8. The van der Waals surface area contributed by atoms with Crippen LogP contribution in [-0.2, 0) is 94.5 Å². The first-order valence-corrected chi connectivity index (χ1v) is 27.9. The molecular weight excluding hydrogens is 1210 g/mol. The van der Waals surface area contributed by atoms with Crippen LogP contribution in [0, 0.1) is 0 Å². The first kappa shape index (κ1) is 71.2. The molecule has 5 saturated heterocycles. The van der Waals surface area contributed by atoms with Crippen molar-refractivity contribution in [2.75, 3.05) is 33.0 Å². The summed E-state index contributed by atoms with van der Waals surface area (Å²) in [5, 5.41) is 146. The number of amides is 5. The summed E-state index contributed by atoms with van der Waals surface area (Å²) in [6.45, 7) is -0.897. The van der Waals surface area contributed by atoms with Crippen molar-refractivity contribution in [3.63, 3.8) is 0 Å². The van der Waals surface area contributed by atoms with Crippen LogP contribution in [-0.4, -0.2) is 305 Å². The van der Waals surface area contributed by atoms with E-state index in [2.05, 4.69) is 16.0 Å². The van der Waals surface area contributed by atoms with Gasteiger partial charge in [0.1, 0.15) is 102 Å². The van der Waals surface area contributed by atoms with E-state index >= 15 is 0 Å². The molecule has 0 bridgehead atoms. The number of aliphatic hydroxyl groups is 12. The zero-order valence-corrected chi connectivity index (χ0v) is 47.2. The number of phosphoric acid groups is 1. The number of phosphoric ester groups is 1. The lowest BCUT2D eigenvalue weighted by Gasteiger charge is -2.52. The van der Waals surface area contributed by atoms with Crippen molar-refractivity contribution in [1.29, 1.82) is 0 Å². The minimum absolute atomic E-state index is 0.127. The number of nitrogens with one attached hydrogen (secondary N) is 3. The van der Waals surface area contributed by atoms with Crippen LogP contribution < -0.4 is 27.4 Å². The molecule has 0 aromatic carbocycles. The summed E-state index contributed by atoms with van der Waals surface area (Å²) in [6.07, 6.45) is -51.2. The molecule has 6 aliphatic rings. The number of nitrogens with two attached hydrogens (primary N) is 2. The molecule has 40 nitrogen and oxygen atoms in total. The van der Waals surface area contributed by atoms with Gasteiger partial charge in [0.2, 0.25) is 17.7 Å². The Morgan fingerprint density at radius 3 is 1.84 bits per heavy atom. The normalized spacial score (nSPS) is 41.0. The first-order chi connectivity index (χ1) is 40.6. The van der Waals surface area contributed by atoms with E-state index in [0.717, 1.165) is 20.8 Å². The molecule has 1 unspecified atom stereocenters. The summed E-state index contributed by atoms with van der Waals surface area (Å²) in [6, 6.07) is -3.99. The third kappa shape index (κ3) is 16.7. The summed E-state index contributed by atoms with van der Waals surface area (Å²) < 4.78 is 86.4. The maximum Gasteiger partial charge on any atom is 0.474 e. The van der Waals surface area contributed by atoms with Gasteiger partial charge >= 0.3 is 19.9 Å². The first-order valence-electron chi connectivity index (χ1n) is 26.4. The lowest BCUT2D eigenvalue weighted by atomic mass is 9.85. The number of ketones is 1. The molecule has 41 heteroatoms. The Hall–Kier alpha value is -4.90. The van der Waals surface area contributed by atoms with Crippen LogP contribution in [0.1, 0.15) is 40.5 Å². The van der Waals surface area contributed by atoms with E-state index in [1.165, 1.54) is 6.92 Å². The number of aliphatic carboxylic acids is 1. The van der Waals surface area contributed by atoms with Crippen LogP contribution >= 0.6 is 7.82 Å². The SMILES string of the molecule is CC(=O)N[C@H]1[C@H](O[C@H]2[C@H](O)[C@@H](NC(C)=O)[C@H](O[C@H]3[C@@H](OP(=O)(O)OC[C@@H](OCCO)C(=O)O)O[C@H](C(N)=O)[C@@](C)(O)[C@@H]3OC(N)=O)O[C@@H]2CO[C@@H]2O[C@H](CO)[C@@H](O)[C@H](O)[C@H]2O)O[C@H](C)[C@@H](O[C@@H]2O[C@H](C(=O)NC3=C(O)CCC3=O)[C@H](O)[C@H](O)[C@H]2O)[C@@H]1O. The van der Waals surface area contributed by atoms with Crippen molar-refractivity contribution in [3.05, 3.63) is 11.5 Å². The Morgan fingerprint density at radius 1 is 0.724 bits per heavy atom. The van der Waals surface area contributed by atoms with Gasteiger partial charge in [-0.2, -0.15) is 0 Å². The zero-order chi connectivity index (χ0) is 64.9. The van der Waals surface area contributed by atoms with Gasteiger partial charge in [-0.15, -0.1) is 0 Å². The molecule has 27 atom stereocenters. The second-order valence-electron chi connectivity index (χ2n) is 20.8. The van der Waals surface area contributed by atoms with Gasteiger partial charge < -0.3 is 151 Å². The molecule has 6 rings (SSSR count). The number of carbonyl (C=O) groups is 7. The Morgan fingerprint density at radius 2 is 1.29 bits per heavy atom. The molecule has 5 fully saturated rings. The Labute approximate surface area is 490 Å². The number of carbonyl (C=O) groups excluding carboxylic acids is 6. The highest BCUT2D eigenvalue weighted by Gasteiger charge is 2.62. The molecule has 0 aromatic rings. The predicted molar refractivity (Wildman–Crippen MR) is 268 cm³/mol. The summed E-state index contributed by atoms with van der Waals surface area (Å²) in [5.41, 5.74) is 7.40. The molecule has 0 saturated carbocycles. The number of Topliss-reactive ketones (excluding diaryl/α,β-unsaturated/α-hetero) is 1. The topological polar surface area (TPSA) is 628 Å². The summed E-state index contributed by atoms with van der Waals surface area (Å²) >= 11 is 0. The van der Waals surface area contributed by atoms with E-state index in [0.29, 0.717) is 0 Å². The standard InChI is InChI=1S/C46H72N5O35P/c1-12-31(80-43-30(65)27(62)28(63)33(82-43)38(67)51-20-15(56)5-6-16(20)57)24(59)21(49-13(2)54)40(77-12)81-32-18(10-75-42-29(64)26(61)23(58)17(9-53)78-42)79-41(22(25(32)60)50-14(3)55)83-34-35(85-45(48)70)46(4,71)36(37(47)66)84-44(34)86-87(72,73)76-11-19(39(68)69)74-8-7-52/h12,17-19,21-36,40-44,52-53,56,58-65,71H,5-11H2,1-4H3,(H2,47,66)(H2,48,70)(H,49,54)(H,50,55)(H,51,67)(H,68,69)(H,72,73)/t12-,17-,18-,19-,21-,22-,23-,24-,25-,26+,27+,28-,29-,30-,31-,32-,33+,34-,35-,36-,40+,41+,42-,43-,44-,46+/m1/s1. The Bertz CT molecular complexity index is 2530. The summed E-state index contributed by atoms with van der Waals surface area (Å²) in [7, 11) is -5.80. The van der Waals surface area contributed by atoms with Gasteiger partial charge in [0, 0.05) is 26.7 Å². The average Bonchev–Trinajstić information content (AvgIpc) is 1.34. The second-order valence-corrected chi connectivity index (χ2v) is 22.2. The van der Waals surface area contributed by atoms with Crippen molar-refractivity contribution in [1.82, 2.24) is 16.0 Å².